The van der Waals surface area contributed by atoms with Crippen molar-refractivity contribution in [2.24, 2.45) is 11.7 Å². The summed E-state index contributed by atoms with van der Waals surface area (Å²) in [7, 11) is 0. The van der Waals surface area contributed by atoms with E-state index in [9.17, 15) is 9.90 Å². The van der Waals surface area contributed by atoms with Crippen molar-refractivity contribution in [1.82, 2.24) is 0 Å². The predicted octanol–water partition coefficient (Wildman–Crippen LogP) is 9.72. The fraction of sp³-hybridized carbons (Fsp3) is 0.525. The second-order valence-corrected chi connectivity index (χ2v) is 12.6. The highest BCUT2D eigenvalue weighted by molar-refractivity contribution is 5.74. The molecule has 0 spiro atoms. The zero-order valence-corrected chi connectivity index (χ0v) is 27.3. The van der Waals surface area contributed by atoms with Crippen LogP contribution in [0.15, 0.2) is 91.0 Å². The molecule has 0 radical (unpaired) electrons. The van der Waals surface area contributed by atoms with Crippen molar-refractivity contribution in [2.75, 3.05) is 0 Å². The topological polar surface area (TPSA) is 72.6 Å². The molecular weight excluding hydrogens is 542 g/mol. The standard InChI is InChI=1S/C40H57NO3/c1-3-4-5-6-7-8-9-10-11-12-13-14-18-25-34(32-38(41)43)39(33(2)42)44-40(35-26-19-15-20-27-35,36-28-21-16-22-29-36)37-30-23-17-24-31-37/h15-17,19-24,26-31,33-34,39,42H,3-14,18,25,32H2,1-2H3,(H2,41,43). The average Bonchev–Trinajstić information content (AvgIpc) is 3.04. The summed E-state index contributed by atoms with van der Waals surface area (Å²) in [5, 5.41) is 11.2. The van der Waals surface area contributed by atoms with Gasteiger partial charge in [0.2, 0.25) is 5.91 Å². The lowest BCUT2D eigenvalue weighted by Crippen LogP contribution is -2.45. The zero-order valence-electron chi connectivity index (χ0n) is 27.3. The monoisotopic (exact) mass is 599 g/mol. The van der Waals surface area contributed by atoms with E-state index in [2.05, 4.69) is 43.3 Å². The van der Waals surface area contributed by atoms with Crippen molar-refractivity contribution in [1.29, 1.82) is 0 Å². The van der Waals surface area contributed by atoms with E-state index < -0.39 is 17.8 Å². The molecule has 3 rings (SSSR count). The van der Waals surface area contributed by atoms with Gasteiger partial charge in [-0.15, -0.1) is 0 Å². The fourth-order valence-electron chi connectivity index (χ4n) is 6.58. The summed E-state index contributed by atoms with van der Waals surface area (Å²) < 4.78 is 7.23. The molecule has 4 nitrogen and oxygen atoms in total. The third-order valence-corrected chi connectivity index (χ3v) is 8.94. The molecule has 0 aliphatic heterocycles. The maximum absolute atomic E-state index is 12.3. The van der Waals surface area contributed by atoms with Crippen LogP contribution in [0.2, 0.25) is 0 Å². The summed E-state index contributed by atoms with van der Waals surface area (Å²) in [6, 6.07) is 30.6. The summed E-state index contributed by atoms with van der Waals surface area (Å²) in [6.45, 7) is 4.04. The van der Waals surface area contributed by atoms with Crippen LogP contribution < -0.4 is 5.73 Å². The van der Waals surface area contributed by atoms with Gasteiger partial charge in [-0.3, -0.25) is 4.79 Å². The van der Waals surface area contributed by atoms with Gasteiger partial charge in [-0.1, -0.05) is 181 Å². The number of unbranched alkanes of at least 4 members (excludes halogenated alkanes) is 12. The molecule has 3 N–H and O–H groups in total. The lowest BCUT2D eigenvalue weighted by atomic mass is 9.79. The third-order valence-electron chi connectivity index (χ3n) is 8.94. The Morgan fingerprint density at radius 3 is 1.36 bits per heavy atom. The number of nitrogens with two attached hydrogens (primary N) is 1. The fourth-order valence-corrected chi connectivity index (χ4v) is 6.58. The molecule has 0 fully saturated rings. The predicted molar refractivity (Wildman–Crippen MR) is 183 cm³/mol. The average molecular weight is 600 g/mol. The third kappa shape index (κ3) is 11.2. The molecule has 0 saturated heterocycles. The maximum atomic E-state index is 12.3. The first kappa shape index (κ1) is 35.5. The molecule has 4 heteroatoms. The number of carbonyl (C=O) groups is 1. The lowest BCUT2D eigenvalue weighted by Gasteiger charge is -2.42. The summed E-state index contributed by atoms with van der Waals surface area (Å²) >= 11 is 0. The highest BCUT2D eigenvalue weighted by atomic mass is 16.5. The van der Waals surface area contributed by atoms with Crippen molar-refractivity contribution in [3.63, 3.8) is 0 Å². The van der Waals surface area contributed by atoms with Gasteiger partial charge in [0.05, 0.1) is 12.2 Å². The number of benzene rings is 3. The van der Waals surface area contributed by atoms with Crippen molar-refractivity contribution in [3.05, 3.63) is 108 Å². The van der Waals surface area contributed by atoms with Crippen LogP contribution in [0.25, 0.3) is 0 Å². The summed E-state index contributed by atoms with van der Waals surface area (Å²) in [5.41, 5.74) is 7.74. The van der Waals surface area contributed by atoms with E-state index in [0.29, 0.717) is 0 Å². The summed E-state index contributed by atoms with van der Waals surface area (Å²) in [5.74, 6) is -0.556. The Morgan fingerprint density at radius 2 is 1.02 bits per heavy atom. The van der Waals surface area contributed by atoms with Crippen molar-refractivity contribution < 1.29 is 14.6 Å². The Kier molecular flexibility index (Phi) is 16.3. The van der Waals surface area contributed by atoms with Gasteiger partial charge < -0.3 is 15.6 Å². The molecule has 3 atom stereocenters. The van der Waals surface area contributed by atoms with Gasteiger partial charge in [0.15, 0.2) is 0 Å². The molecule has 0 saturated carbocycles. The summed E-state index contributed by atoms with van der Waals surface area (Å²) in [6.07, 6.45) is 16.3. The molecule has 3 aromatic rings. The first-order chi connectivity index (χ1) is 21.5. The van der Waals surface area contributed by atoms with Gasteiger partial charge in [0.1, 0.15) is 5.60 Å². The second-order valence-electron chi connectivity index (χ2n) is 12.6. The van der Waals surface area contributed by atoms with E-state index in [1.54, 1.807) is 6.92 Å². The van der Waals surface area contributed by atoms with Crippen molar-refractivity contribution >= 4 is 5.91 Å². The number of aliphatic hydroxyl groups excluding tert-OH is 1. The molecule has 0 aliphatic rings. The first-order valence-electron chi connectivity index (χ1n) is 17.3. The number of rotatable bonds is 23. The number of ether oxygens (including phenoxy) is 1. The smallest absolute Gasteiger partial charge is 0.217 e. The highest BCUT2D eigenvalue weighted by Gasteiger charge is 2.43. The molecule has 1 amide bonds. The van der Waals surface area contributed by atoms with Gasteiger partial charge in [0.25, 0.3) is 0 Å². The molecular formula is C40H57NO3. The Balaban J connectivity index is 1.71. The van der Waals surface area contributed by atoms with E-state index >= 15 is 0 Å². The van der Waals surface area contributed by atoms with Gasteiger partial charge in [-0.05, 0) is 36.0 Å². The molecule has 0 heterocycles. The molecule has 0 bridgehead atoms. The van der Waals surface area contributed by atoms with Crippen LogP contribution >= 0.6 is 0 Å². The highest BCUT2D eigenvalue weighted by Crippen LogP contribution is 2.43. The Bertz CT molecular complexity index is 1050. The SMILES string of the molecule is CCCCCCCCCCCCCCCC(CC(N)=O)C(OC(c1ccccc1)(c1ccccc1)c1ccccc1)C(C)O. The molecule has 3 aromatic carbocycles. The largest absolute Gasteiger partial charge is 0.391 e. The van der Waals surface area contributed by atoms with Crippen LogP contribution in [-0.4, -0.2) is 23.2 Å². The molecule has 240 valence electrons. The van der Waals surface area contributed by atoms with E-state index in [4.69, 9.17) is 10.5 Å². The van der Waals surface area contributed by atoms with Gasteiger partial charge >= 0.3 is 0 Å². The number of carbonyl (C=O) groups excluding carboxylic acids is 1. The van der Waals surface area contributed by atoms with E-state index in [1.807, 2.05) is 54.6 Å². The van der Waals surface area contributed by atoms with Crippen LogP contribution in [0.5, 0.6) is 0 Å². The number of hydrogen-bond acceptors (Lipinski definition) is 3. The van der Waals surface area contributed by atoms with Crippen molar-refractivity contribution in [3.8, 4) is 0 Å². The lowest BCUT2D eigenvalue weighted by molar-refractivity contribution is -0.135. The number of aliphatic hydroxyl groups is 1. The minimum absolute atomic E-state index is 0.183. The first-order valence-corrected chi connectivity index (χ1v) is 17.3. The van der Waals surface area contributed by atoms with Gasteiger partial charge in [-0.25, -0.2) is 0 Å². The molecule has 0 aromatic heterocycles. The van der Waals surface area contributed by atoms with Crippen LogP contribution in [0.1, 0.15) is 127 Å². The van der Waals surface area contributed by atoms with Gasteiger partial charge in [0, 0.05) is 6.42 Å². The maximum Gasteiger partial charge on any atom is 0.217 e. The molecule has 0 aliphatic carbocycles. The van der Waals surface area contributed by atoms with Gasteiger partial charge in [-0.2, -0.15) is 0 Å². The molecule has 44 heavy (non-hydrogen) atoms. The van der Waals surface area contributed by atoms with E-state index in [0.717, 1.165) is 36.0 Å². The normalized spacial score (nSPS) is 13.8. The number of amides is 1. The van der Waals surface area contributed by atoms with E-state index in [-0.39, 0.29) is 18.2 Å². The Labute approximate surface area is 267 Å². The summed E-state index contributed by atoms with van der Waals surface area (Å²) in [4.78, 5) is 12.3. The van der Waals surface area contributed by atoms with Crippen LogP contribution in [0.3, 0.4) is 0 Å². The van der Waals surface area contributed by atoms with E-state index in [1.165, 1.54) is 70.6 Å². The van der Waals surface area contributed by atoms with Crippen molar-refractivity contribution in [2.45, 2.75) is 128 Å². The van der Waals surface area contributed by atoms with Crippen LogP contribution in [0, 0.1) is 5.92 Å². The quantitative estimate of drug-likeness (QED) is 0.0842. The second kappa shape index (κ2) is 20.2. The van der Waals surface area contributed by atoms with Crippen LogP contribution in [-0.2, 0) is 15.1 Å². The molecule has 3 unspecified atom stereocenters. The van der Waals surface area contributed by atoms with Crippen LogP contribution in [0.4, 0.5) is 0 Å². The minimum Gasteiger partial charge on any atom is -0.391 e. The zero-order chi connectivity index (χ0) is 31.5. The number of hydrogen-bond donors (Lipinski definition) is 2. The number of primary amides is 1. The Hall–Kier alpha value is -2.95. The Morgan fingerprint density at radius 1 is 0.659 bits per heavy atom. The minimum atomic E-state index is -0.975.